The van der Waals surface area contributed by atoms with Gasteiger partial charge >= 0.3 is 0 Å². The van der Waals surface area contributed by atoms with Crippen LogP contribution in [0.3, 0.4) is 0 Å². The van der Waals surface area contributed by atoms with Crippen LogP contribution < -0.4 is 0 Å². The molecule has 0 radical (unpaired) electrons. The Bertz CT molecular complexity index is 1050. The maximum Gasteiger partial charge on any atom is 0.166 e. The van der Waals surface area contributed by atoms with Crippen molar-refractivity contribution >= 4 is 11.8 Å². The number of rotatable bonds is 4. The number of aromatic amines is 1. The fourth-order valence-electron chi connectivity index (χ4n) is 3.83. The third-order valence-electron chi connectivity index (χ3n) is 5.18. The Morgan fingerprint density at radius 1 is 0.815 bits per heavy atom. The number of benzene rings is 3. The number of hydrogen-bond acceptors (Lipinski definition) is 2. The molecule has 0 spiro atoms. The number of fused-ring (bicyclic) bond motifs is 3. The van der Waals surface area contributed by atoms with Gasteiger partial charge < -0.3 is 4.98 Å². The molecule has 0 amide bonds. The first-order valence-corrected chi connectivity index (χ1v) is 10.1. The van der Waals surface area contributed by atoms with Gasteiger partial charge in [0.2, 0.25) is 0 Å². The molecule has 4 aromatic rings. The number of H-pyrrole nitrogens is 1. The summed E-state index contributed by atoms with van der Waals surface area (Å²) in [6.07, 6.45) is 0.863. The fraction of sp³-hybridized carbons (Fsp3) is 0.125. The molecule has 5 rings (SSSR count). The molecule has 1 heterocycles. The highest BCUT2D eigenvalue weighted by atomic mass is 32.2. The topological polar surface area (TPSA) is 28.7 Å². The van der Waals surface area contributed by atoms with Crippen LogP contribution in [0.15, 0.2) is 84.0 Å². The van der Waals surface area contributed by atoms with Gasteiger partial charge in [-0.2, -0.15) is 0 Å². The van der Waals surface area contributed by atoms with Gasteiger partial charge in [0.05, 0.1) is 10.9 Å². The summed E-state index contributed by atoms with van der Waals surface area (Å²) in [6, 6.07) is 28.0. The molecule has 1 aromatic heterocycles. The second-order valence-corrected chi connectivity index (χ2v) is 8.04. The highest BCUT2D eigenvalue weighted by Gasteiger charge is 2.29. The van der Waals surface area contributed by atoms with Gasteiger partial charge in [0, 0.05) is 12.1 Å². The average molecular weight is 369 g/mol. The maximum atomic E-state index is 4.92. The van der Waals surface area contributed by atoms with E-state index in [9.17, 15) is 0 Å². The van der Waals surface area contributed by atoms with Gasteiger partial charge in [-0.1, -0.05) is 90.6 Å². The van der Waals surface area contributed by atoms with E-state index in [-0.39, 0.29) is 5.25 Å². The third kappa shape index (κ3) is 2.98. The Hall–Kier alpha value is -2.78. The van der Waals surface area contributed by atoms with E-state index in [4.69, 9.17) is 4.98 Å². The quantitative estimate of drug-likeness (QED) is 0.466. The van der Waals surface area contributed by atoms with Gasteiger partial charge in [-0.15, -0.1) is 0 Å². The van der Waals surface area contributed by atoms with Gasteiger partial charge in [-0.25, -0.2) is 4.98 Å². The molecular weight excluding hydrogens is 348 g/mol. The van der Waals surface area contributed by atoms with Crippen LogP contribution >= 0.6 is 11.8 Å². The molecule has 3 aromatic carbocycles. The number of nitrogens with zero attached hydrogens (tertiary/aromatic N) is 1. The number of aromatic nitrogens is 2. The summed E-state index contributed by atoms with van der Waals surface area (Å²) in [5, 5.41) is 1.28. The highest BCUT2D eigenvalue weighted by molar-refractivity contribution is 7.99. The van der Waals surface area contributed by atoms with Gasteiger partial charge in [0.15, 0.2) is 5.16 Å². The maximum absolute atomic E-state index is 4.92. The van der Waals surface area contributed by atoms with Crippen molar-refractivity contribution in [1.29, 1.82) is 0 Å². The SMILES string of the molecule is Cc1[nH]c(SC2c3ccccc3-c3ccccc32)nc1Cc1ccccc1. The molecule has 27 heavy (non-hydrogen) atoms. The van der Waals surface area contributed by atoms with Crippen LogP contribution in [0.5, 0.6) is 0 Å². The number of thioether (sulfide) groups is 1. The van der Waals surface area contributed by atoms with E-state index in [0.29, 0.717) is 0 Å². The molecule has 1 aliphatic rings. The van der Waals surface area contributed by atoms with Crippen LogP contribution in [-0.2, 0) is 6.42 Å². The molecule has 1 aliphatic carbocycles. The minimum atomic E-state index is 0.285. The molecule has 0 unspecified atom stereocenters. The van der Waals surface area contributed by atoms with E-state index in [1.807, 2.05) is 11.8 Å². The summed E-state index contributed by atoms with van der Waals surface area (Å²) in [5.41, 5.74) is 9.02. The van der Waals surface area contributed by atoms with Gasteiger partial charge in [-0.3, -0.25) is 0 Å². The van der Waals surface area contributed by atoms with Crippen LogP contribution in [0, 0.1) is 6.92 Å². The van der Waals surface area contributed by atoms with Crippen molar-refractivity contribution in [2.24, 2.45) is 0 Å². The lowest BCUT2D eigenvalue weighted by atomic mass is 10.1. The zero-order chi connectivity index (χ0) is 18.2. The first kappa shape index (κ1) is 16.4. The van der Waals surface area contributed by atoms with E-state index in [1.54, 1.807) is 0 Å². The molecule has 132 valence electrons. The first-order chi connectivity index (χ1) is 13.3. The predicted molar refractivity (Wildman–Crippen MR) is 112 cm³/mol. The Kier molecular flexibility index (Phi) is 4.10. The summed E-state index contributed by atoms with van der Waals surface area (Å²) in [6.45, 7) is 2.12. The zero-order valence-corrected chi connectivity index (χ0v) is 16.0. The van der Waals surface area contributed by atoms with Crippen molar-refractivity contribution in [2.75, 3.05) is 0 Å². The van der Waals surface area contributed by atoms with E-state index >= 15 is 0 Å². The number of nitrogens with one attached hydrogen (secondary N) is 1. The largest absolute Gasteiger partial charge is 0.337 e. The normalized spacial score (nSPS) is 12.8. The lowest BCUT2D eigenvalue weighted by Crippen LogP contribution is -1.92. The zero-order valence-electron chi connectivity index (χ0n) is 15.1. The molecular formula is C24H20N2S. The average Bonchev–Trinajstić information content (AvgIpc) is 3.21. The highest BCUT2D eigenvalue weighted by Crippen LogP contribution is 2.51. The summed E-state index contributed by atoms with van der Waals surface area (Å²) in [4.78, 5) is 8.43. The van der Waals surface area contributed by atoms with Crippen molar-refractivity contribution in [3.8, 4) is 11.1 Å². The smallest absolute Gasteiger partial charge is 0.166 e. The number of imidazole rings is 1. The Balaban J connectivity index is 1.47. The number of hydrogen-bond donors (Lipinski definition) is 1. The van der Waals surface area contributed by atoms with Crippen LogP contribution in [0.25, 0.3) is 11.1 Å². The second kappa shape index (κ2) is 6.75. The molecule has 0 bridgehead atoms. The van der Waals surface area contributed by atoms with E-state index < -0.39 is 0 Å². The monoisotopic (exact) mass is 368 g/mol. The Morgan fingerprint density at radius 2 is 1.41 bits per heavy atom. The summed E-state index contributed by atoms with van der Waals surface area (Å²) < 4.78 is 0. The van der Waals surface area contributed by atoms with Crippen molar-refractivity contribution in [2.45, 2.75) is 23.8 Å². The van der Waals surface area contributed by atoms with Gasteiger partial charge in [-0.05, 0) is 34.7 Å². The standard InChI is InChI=1S/C24H20N2S/c1-16-22(15-17-9-3-2-4-10-17)26-24(25-16)27-23-20-13-7-5-11-18(20)19-12-6-8-14-21(19)23/h2-14,23H,15H2,1H3,(H,25,26). The predicted octanol–water partition coefficient (Wildman–Crippen LogP) is 6.17. The minimum Gasteiger partial charge on any atom is -0.337 e. The van der Waals surface area contributed by atoms with E-state index in [0.717, 1.165) is 23.0 Å². The van der Waals surface area contributed by atoms with Crippen LogP contribution in [-0.4, -0.2) is 9.97 Å². The van der Waals surface area contributed by atoms with Crippen LogP contribution in [0.2, 0.25) is 0 Å². The molecule has 0 saturated heterocycles. The third-order valence-corrected chi connectivity index (χ3v) is 6.34. The van der Waals surface area contributed by atoms with Gasteiger partial charge in [0.1, 0.15) is 0 Å². The minimum absolute atomic E-state index is 0.285. The van der Waals surface area contributed by atoms with E-state index in [1.165, 1.54) is 27.8 Å². The van der Waals surface area contributed by atoms with Crippen LogP contribution in [0.1, 0.15) is 33.3 Å². The molecule has 2 nitrogen and oxygen atoms in total. The second-order valence-electron chi connectivity index (χ2n) is 6.95. The number of aryl methyl sites for hydroxylation is 1. The Labute approximate surface area is 163 Å². The lowest BCUT2D eigenvalue weighted by molar-refractivity contribution is 1.00. The summed E-state index contributed by atoms with van der Waals surface area (Å²) >= 11 is 1.82. The molecule has 3 heteroatoms. The fourth-order valence-corrected chi connectivity index (χ4v) is 5.10. The molecule has 0 saturated carbocycles. The van der Waals surface area contributed by atoms with Crippen LogP contribution in [0.4, 0.5) is 0 Å². The van der Waals surface area contributed by atoms with E-state index in [2.05, 4.69) is 90.8 Å². The molecule has 0 atom stereocenters. The Morgan fingerprint density at radius 3 is 2.07 bits per heavy atom. The summed E-state index contributed by atoms with van der Waals surface area (Å²) in [7, 11) is 0. The van der Waals surface area contributed by atoms with Gasteiger partial charge in [0.25, 0.3) is 0 Å². The molecule has 0 fully saturated rings. The van der Waals surface area contributed by atoms with Crippen molar-refractivity contribution in [3.63, 3.8) is 0 Å². The first-order valence-electron chi connectivity index (χ1n) is 9.24. The molecule has 1 N–H and O–H groups in total. The molecule has 0 aliphatic heterocycles. The lowest BCUT2D eigenvalue weighted by Gasteiger charge is -2.11. The summed E-state index contributed by atoms with van der Waals surface area (Å²) in [5.74, 6) is 0. The van der Waals surface area contributed by atoms with Crippen molar-refractivity contribution in [1.82, 2.24) is 9.97 Å². The van der Waals surface area contributed by atoms with Crippen molar-refractivity contribution < 1.29 is 0 Å². The van der Waals surface area contributed by atoms with Crippen molar-refractivity contribution in [3.05, 3.63) is 107 Å².